The van der Waals surface area contributed by atoms with Crippen LogP contribution in [0.5, 0.6) is 11.5 Å². The van der Waals surface area contributed by atoms with Crippen LogP contribution in [0.25, 0.3) is 11.0 Å². The summed E-state index contributed by atoms with van der Waals surface area (Å²) in [5.41, 5.74) is 3.90. The summed E-state index contributed by atoms with van der Waals surface area (Å²) in [6.07, 6.45) is 2.55. The van der Waals surface area contributed by atoms with Crippen LogP contribution in [-0.4, -0.2) is 18.7 Å². The maximum atomic E-state index is 12.4. The Balaban J connectivity index is 1.25. The van der Waals surface area contributed by atoms with Crippen LogP contribution in [0.1, 0.15) is 11.1 Å². The first kappa shape index (κ1) is 20.9. The van der Waals surface area contributed by atoms with Gasteiger partial charge in [-0.25, -0.2) is 5.43 Å². The number of para-hydroxylation sites is 1. The quantitative estimate of drug-likeness (QED) is 0.340. The molecule has 32 heavy (non-hydrogen) atoms. The molecule has 0 atom stereocenters. The van der Waals surface area contributed by atoms with Crippen molar-refractivity contribution in [1.29, 1.82) is 0 Å². The molecule has 0 saturated carbocycles. The number of fused-ring (bicyclic) bond motifs is 1. The first-order valence-electron chi connectivity index (χ1n) is 9.91. The second kappa shape index (κ2) is 10.1. The number of rotatable bonds is 8. The van der Waals surface area contributed by atoms with Gasteiger partial charge in [-0.3, -0.25) is 9.59 Å². The number of ether oxygens (including phenoxy) is 2. The molecule has 0 fully saturated rings. The largest absolute Gasteiger partial charge is 0.489 e. The highest BCUT2D eigenvalue weighted by atomic mass is 16.5. The fraction of sp³-hybridized carbons (Fsp3) is 0.0800. The molecule has 160 valence electrons. The number of amides is 1. The smallest absolute Gasteiger partial charge is 0.277 e. The highest BCUT2D eigenvalue weighted by Crippen LogP contribution is 2.18. The molecular formula is C25H20N2O5. The number of nitrogens with one attached hydrogen (secondary N) is 1. The minimum atomic E-state index is -0.462. The van der Waals surface area contributed by atoms with Crippen LogP contribution in [0.3, 0.4) is 0 Å². The van der Waals surface area contributed by atoms with Crippen molar-refractivity contribution in [2.75, 3.05) is 6.61 Å². The first-order chi connectivity index (χ1) is 15.7. The van der Waals surface area contributed by atoms with Crippen LogP contribution >= 0.6 is 0 Å². The fourth-order valence-corrected chi connectivity index (χ4v) is 2.91. The molecule has 1 amide bonds. The van der Waals surface area contributed by atoms with Crippen LogP contribution in [-0.2, 0) is 11.4 Å². The van der Waals surface area contributed by atoms with Gasteiger partial charge in [-0.15, -0.1) is 0 Å². The molecular weight excluding hydrogens is 408 g/mol. The van der Waals surface area contributed by atoms with Gasteiger partial charge in [0.05, 0.1) is 17.2 Å². The summed E-state index contributed by atoms with van der Waals surface area (Å²) in [4.78, 5) is 24.3. The predicted octanol–water partition coefficient (Wildman–Crippen LogP) is 3.90. The lowest BCUT2D eigenvalue weighted by Crippen LogP contribution is -2.25. The molecule has 0 radical (unpaired) electrons. The van der Waals surface area contributed by atoms with Gasteiger partial charge in [0, 0.05) is 0 Å². The van der Waals surface area contributed by atoms with Gasteiger partial charge in [0.1, 0.15) is 30.0 Å². The van der Waals surface area contributed by atoms with Crippen LogP contribution < -0.4 is 20.3 Å². The van der Waals surface area contributed by atoms with E-state index in [1.807, 2.05) is 30.3 Å². The van der Waals surface area contributed by atoms with E-state index in [0.717, 1.165) is 5.56 Å². The number of hydrazone groups is 1. The summed E-state index contributed by atoms with van der Waals surface area (Å²) < 4.78 is 16.6. The third kappa shape index (κ3) is 5.40. The Morgan fingerprint density at radius 2 is 1.59 bits per heavy atom. The zero-order chi connectivity index (χ0) is 22.2. The topological polar surface area (TPSA) is 90.1 Å². The molecule has 1 heterocycles. The van der Waals surface area contributed by atoms with Gasteiger partial charge < -0.3 is 13.9 Å². The first-order valence-corrected chi connectivity index (χ1v) is 9.91. The van der Waals surface area contributed by atoms with E-state index < -0.39 is 5.91 Å². The van der Waals surface area contributed by atoms with Crippen molar-refractivity contribution in [1.82, 2.24) is 5.43 Å². The molecule has 1 aromatic heterocycles. The van der Waals surface area contributed by atoms with E-state index in [9.17, 15) is 9.59 Å². The van der Waals surface area contributed by atoms with E-state index >= 15 is 0 Å². The van der Waals surface area contributed by atoms with Gasteiger partial charge in [-0.2, -0.15) is 5.10 Å². The maximum absolute atomic E-state index is 12.4. The van der Waals surface area contributed by atoms with Crippen LogP contribution in [0.2, 0.25) is 0 Å². The number of carbonyl (C=O) groups is 1. The standard InChI is InChI=1S/C25H20N2O5/c28-24(27-26-14-19-16-32-23-9-5-4-8-22(23)25(19)29)17-31-21-12-10-20(11-13-21)30-15-18-6-2-1-3-7-18/h1-14,16H,15,17H2,(H,27,28)/b26-14-. The Labute approximate surface area is 183 Å². The van der Waals surface area contributed by atoms with E-state index in [4.69, 9.17) is 13.9 Å². The Bertz CT molecular complexity index is 1280. The number of benzene rings is 3. The lowest BCUT2D eigenvalue weighted by molar-refractivity contribution is -0.123. The summed E-state index contributed by atoms with van der Waals surface area (Å²) in [5, 5.41) is 4.25. The van der Waals surface area contributed by atoms with E-state index in [2.05, 4.69) is 10.5 Å². The van der Waals surface area contributed by atoms with Gasteiger partial charge >= 0.3 is 0 Å². The summed E-state index contributed by atoms with van der Waals surface area (Å²) >= 11 is 0. The van der Waals surface area contributed by atoms with Crippen molar-refractivity contribution in [3.63, 3.8) is 0 Å². The maximum Gasteiger partial charge on any atom is 0.277 e. The monoisotopic (exact) mass is 428 g/mol. The second-order valence-electron chi connectivity index (χ2n) is 6.84. The molecule has 0 saturated heterocycles. The number of carbonyl (C=O) groups excluding carboxylic acids is 1. The van der Waals surface area contributed by atoms with Crippen molar-refractivity contribution in [3.05, 3.63) is 106 Å². The van der Waals surface area contributed by atoms with E-state index in [0.29, 0.717) is 29.1 Å². The Morgan fingerprint density at radius 3 is 2.38 bits per heavy atom. The van der Waals surface area contributed by atoms with Crippen molar-refractivity contribution >= 4 is 23.1 Å². The number of hydrogen-bond donors (Lipinski definition) is 1. The van der Waals surface area contributed by atoms with Crippen LogP contribution in [0.15, 0.2) is 99.4 Å². The summed E-state index contributed by atoms with van der Waals surface area (Å²) in [7, 11) is 0. The summed E-state index contributed by atoms with van der Waals surface area (Å²) in [6.45, 7) is 0.241. The van der Waals surface area contributed by atoms with E-state index in [1.54, 1.807) is 48.5 Å². The lowest BCUT2D eigenvalue weighted by Gasteiger charge is -2.08. The molecule has 0 aliphatic carbocycles. The molecule has 4 aromatic rings. The molecule has 0 aliphatic heterocycles. The summed E-state index contributed by atoms with van der Waals surface area (Å²) in [6, 6.07) is 23.7. The molecule has 7 nitrogen and oxygen atoms in total. The SMILES string of the molecule is O=C(COc1ccc(OCc2ccccc2)cc1)N/N=C\c1coc2ccccc2c1=O. The zero-order valence-corrected chi connectivity index (χ0v) is 17.1. The molecule has 1 N–H and O–H groups in total. The van der Waals surface area contributed by atoms with E-state index in [-0.39, 0.29) is 17.6 Å². The zero-order valence-electron chi connectivity index (χ0n) is 17.1. The normalized spacial score (nSPS) is 10.9. The third-order valence-electron chi connectivity index (χ3n) is 4.54. The summed E-state index contributed by atoms with van der Waals surface area (Å²) in [5.74, 6) is 0.756. The van der Waals surface area contributed by atoms with Gasteiger partial charge in [-0.05, 0) is 42.0 Å². The van der Waals surface area contributed by atoms with Crippen molar-refractivity contribution < 1.29 is 18.7 Å². The molecule has 4 rings (SSSR count). The Kier molecular flexibility index (Phi) is 6.57. The Morgan fingerprint density at radius 1 is 0.906 bits per heavy atom. The van der Waals surface area contributed by atoms with Crippen molar-refractivity contribution in [3.8, 4) is 11.5 Å². The van der Waals surface area contributed by atoms with Gasteiger partial charge in [0.25, 0.3) is 5.91 Å². The van der Waals surface area contributed by atoms with Gasteiger partial charge in [0.2, 0.25) is 5.43 Å². The molecule has 0 spiro atoms. The van der Waals surface area contributed by atoms with Gasteiger partial charge in [-0.1, -0.05) is 42.5 Å². The number of hydrogen-bond acceptors (Lipinski definition) is 6. The van der Waals surface area contributed by atoms with Gasteiger partial charge in [0.15, 0.2) is 6.61 Å². The highest BCUT2D eigenvalue weighted by molar-refractivity contribution is 5.87. The third-order valence-corrected chi connectivity index (χ3v) is 4.54. The second-order valence-corrected chi connectivity index (χ2v) is 6.84. The Hall–Kier alpha value is -4.39. The molecule has 0 unspecified atom stereocenters. The average Bonchev–Trinajstić information content (AvgIpc) is 2.84. The molecule has 0 aliphatic rings. The van der Waals surface area contributed by atoms with Crippen molar-refractivity contribution in [2.45, 2.75) is 6.61 Å². The number of nitrogens with zero attached hydrogens (tertiary/aromatic N) is 1. The molecule has 7 heteroatoms. The molecule has 3 aromatic carbocycles. The lowest BCUT2D eigenvalue weighted by atomic mass is 10.2. The van der Waals surface area contributed by atoms with E-state index in [1.165, 1.54) is 12.5 Å². The van der Waals surface area contributed by atoms with Crippen LogP contribution in [0, 0.1) is 0 Å². The predicted molar refractivity (Wildman–Crippen MR) is 121 cm³/mol. The minimum Gasteiger partial charge on any atom is -0.489 e. The van der Waals surface area contributed by atoms with Crippen molar-refractivity contribution in [2.24, 2.45) is 5.10 Å². The minimum absolute atomic E-state index is 0.226. The highest BCUT2D eigenvalue weighted by Gasteiger charge is 2.05. The fourth-order valence-electron chi connectivity index (χ4n) is 2.91. The average molecular weight is 428 g/mol. The molecule has 0 bridgehead atoms. The van der Waals surface area contributed by atoms with Crippen LogP contribution in [0.4, 0.5) is 0 Å².